The predicted molar refractivity (Wildman–Crippen MR) is 402 cm³/mol. The first-order valence-electron chi connectivity index (χ1n) is 36.2. The number of anilines is 6. The van der Waals surface area contributed by atoms with E-state index in [4.69, 9.17) is 9.47 Å². The molecular weight excluding hydrogens is 1390 g/mol. The number of ether oxygens (including phenoxy) is 2. The minimum atomic E-state index is -0.493. The van der Waals surface area contributed by atoms with Crippen LogP contribution in [-0.4, -0.2) is 242 Å². The molecule has 109 heavy (non-hydrogen) atoms. The Hall–Kier alpha value is -11.6. The van der Waals surface area contributed by atoms with E-state index < -0.39 is 18.1 Å². The van der Waals surface area contributed by atoms with Gasteiger partial charge in [0.25, 0.3) is 0 Å². The minimum Gasteiger partial charge on any atom is -0.381 e. The first-order valence-corrected chi connectivity index (χ1v) is 36.2. The van der Waals surface area contributed by atoms with Crippen molar-refractivity contribution in [2.45, 2.75) is 89.9 Å². The summed E-state index contributed by atoms with van der Waals surface area (Å²) in [6.45, 7) is 7.27. The van der Waals surface area contributed by atoms with Gasteiger partial charge in [0.05, 0.1) is 42.4 Å². The molecule has 12 rings (SSSR count). The van der Waals surface area contributed by atoms with E-state index in [-0.39, 0.29) is 65.6 Å². The number of aromatic nitrogens is 6. The Labute approximate surface area is 633 Å². The molecule has 0 spiro atoms. The summed E-state index contributed by atoms with van der Waals surface area (Å²) in [6, 6.07) is 20.3. The zero-order valence-electron chi connectivity index (χ0n) is 62.5. The fourth-order valence-electron chi connectivity index (χ4n) is 13.7. The highest BCUT2D eigenvalue weighted by Crippen LogP contribution is 2.35. The number of methoxy groups -OCH3 is 1. The van der Waals surface area contributed by atoms with E-state index in [2.05, 4.69) is 64.1 Å². The van der Waals surface area contributed by atoms with Crippen molar-refractivity contribution in [3.05, 3.63) is 140 Å². The lowest BCUT2D eigenvalue weighted by atomic mass is 9.77. The molecule has 4 saturated heterocycles. The fraction of sp³-hybridized carbons (Fsp3) is 0.455. The largest absolute Gasteiger partial charge is 0.381 e. The predicted octanol–water partition coefficient (Wildman–Crippen LogP) is 6.59. The molecule has 32 nitrogen and oxygen atoms in total. The molecule has 570 valence electrons. The molecule has 6 aromatic rings. The normalized spacial score (nSPS) is 18.1. The Morgan fingerprint density at radius 3 is 1.17 bits per heavy atom. The maximum Gasteiger partial charge on any atom is 0.328 e. The van der Waals surface area contributed by atoms with Crippen LogP contribution in [-0.2, 0) is 62.8 Å². The van der Waals surface area contributed by atoms with Crippen LogP contribution in [0.25, 0.3) is 0 Å². The minimum absolute atomic E-state index is 0.00314. The SMILES string of the molecule is CN1CCN(Cc2ccc(N(C)C(=O)Nc3cc(CC4CCCC4)c(C#N)cn3)nc2C=O)C(=O)C1.CN1CCN(Cc2ccc(N(C)C(=O)Nc3cc(CC4CCOC4)c(C#N)cn3)nc2C=O)C(=O)C1.COC1CCC1Cc1cc(NC(=O)N(C)c2ccc(CN3CCN(C)CC3=O)c(C=O)n2)ncc1C#N. The Morgan fingerprint density at radius 2 is 0.862 bits per heavy atom. The van der Waals surface area contributed by atoms with Crippen molar-refractivity contribution >= 4 is 89.6 Å². The molecule has 2 aliphatic carbocycles. The lowest BCUT2D eigenvalue weighted by Crippen LogP contribution is -2.48. The van der Waals surface area contributed by atoms with Crippen LogP contribution in [0, 0.1) is 51.7 Å². The Kier molecular flexibility index (Phi) is 27.7. The molecular formula is C77H91N21O11. The van der Waals surface area contributed by atoms with Crippen molar-refractivity contribution in [1.82, 2.24) is 59.3 Å². The van der Waals surface area contributed by atoms with Gasteiger partial charge in [-0.1, -0.05) is 43.9 Å². The highest BCUT2D eigenvalue weighted by molar-refractivity contribution is 6.02. The van der Waals surface area contributed by atoms with Gasteiger partial charge >= 0.3 is 18.1 Å². The number of amides is 9. The molecule has 6 aliphatic rings. The van der Waals surface area contributed by atoms with Crippen molar-refractivity contribution in [3.8, 4) is 18.2 Å². The molecule has 0 radical (unpaired) electrons. The topological polar surface area (TPSA) is 386 Å². The number of nitrogens with zero attached hydrogens (tertiary/aromatic N) is 18. The first kappa shape index (κ1) is 80.0. The van der Waals surface area contributed by atoms with E-state index in [0.717, 1.165) is 74.8 Å². The number of urea groups is 3. The number of likely N-dealkylation sites (N-methyl/N-ethyl adjacent to an activating group) is 3. The third kappa shape index (κ3) is 21.0. The number of pyridine rings is 6. The first-order chi connectivity index (χ1) is 52.6. The lowest BCUT2D eigenvalue weighted by molar-refractivity contribution is -0.136. The van der Waals surface area contributed by atoms with Gasteiger partial charge in [-0.2, -0.15) is 15.8 Å². The van der Waals surface area contributed by atoms with Gasteiger partial charge in [-0.3, -0.25) is 74.1 Å². The summed E-state index contributed by atoms with van der Waals surface area (Å²) < 4.78 is 10.9. The average molecular weight is 1490 g/mol. The van der Waals surface area contributed by atoms with E-state index in [9.17, 15) is 58.9 Å². The van der Waals surface area contributed by atoms with Crippen molar-refractivity contribution in [3.63, 3.8) is 0 Å². The Morgan fingerprint density at radius 1 is 0.505 bits per heavy atom. The summed E-state index contributed by atoms with van der Waals surface area (Å²) >= 11 is 0. The molecule has 4 aliphatic heterocycles. The zero-order chi connectivity index (χ0) is 77.8. The molecule has 10 heterocycles. The van der Waals surface area contributed by atoms with Gasteiger partial charge in [0.15, 0.2) is 18.9 Å². The van der Waals surface area contributed by atoms with Crippen LogP contribution in [0.15, 0.2) is 73.2 Å². The van der Waals surface area contributed by atoms with Crippen LogP contribution in [0.2, 0.25) is 0 Å². The third-order valence-electron chi connectivity index (χ3n) is 20.6. The van der Waals surface area contributed by atoms with Crippen molar-refractivity contribution in [2.24, 2.45) is 17.8 Å². The van der Waals surface area contributed by atoms with Crippen LogP contribution in [0.4, 0.5) is 49.3 Å². The van der Waals surface area contributed by atoms with Crippen LogP contribution in [0.1, 0.15) is 126 Å². The molecule has 9 amide bonds. The number of carbonyl (C=O) groups is 9. The van der Waals surface area contributed by atoms with Gasteiger partial charge in [-0.15, -0.1) is 0 Å². The number of hydrogen-bond donors (Lipinski definition) is 3. The number of aldehydes is 3. The van der Waals surface area contributed by atoms with Gasteiger partial charge in [-0.05, 0) is 131 Å². The van der Waals surface area contributed by atoms with E-state index in [0.29, 0.717) is 165 Å². The maximum atomic E-state index is 12.9. The van der Waals surface area contributed by atoms with Crippen LogP contribution in [0.3, 0.4) is 0 Å². The average Bonchev–Trinajstić information content (AvgIpc) is 1.70. The third-order valence-corrected chi connectivity index (χ3v) is 20.6. The number of piperazine rings is 3. The maximum absolute atomic E-state index is 12.9. The molecule has 0 aromatic carbocycles. The van der Waals surface area contributed by atoms with Gasteiger partial charge < -0.3 is 24.2 Å². The van der Waals surface area contributed by atoms with Crippen LogP contribution in [0.5, 0.6) is 0 Å². The molecule has 6 fully saturated rings. The zero-order valence-corrected chi connectivity index (χ0v) is 62.5. The molecule has 0 bridgehead atoms. The quantitative estimate of drug-likeness (QED) is 0.0603. The summed E-state index contributed by atoms with van der Waals surface area (Å²) in [5, 5.41) is 36.6. The summed E-state index contributed by atoms with van der Waals surface area (Å²) in [4.78, 5) is 151. The molecule has 3 N–H and O–H groups in total. The number of nitriles is 3. The highest BCUT2D eigenvalue weighted by atomic mass is 16.5. The second-order valence-electron chi connectivity index (χ2n) is 28.2. The molecule has 3 atom stereocenters. The standard InChI is InChI=1S/C26H31N7O4.C26H31N7O3.C25H29N7O4/c1-31-8-9-33(25(35)15-31)14-18-5-7-24(29-21(18)16-34)32(2)26(36)30-23-11-19(20(12-27)13-28-23)10-17-4-6-22(17)37-3;1-31-9-10-33(25(35)16-31)15-19-7-8-24(29-22(19)17-34)32(2)26(36)30-23-12-20(21(13-27)14-28-23)11-18-5-3-4-6-18;1-30-6-7-32(24(34)14-30)13-18-3-4-23(28-21(18)15-33)31(2)25(35)29-22-10-19(20(11-26)12-27-22)9-17-5-8-36-16-17/h5,7,11,13,16-17,22H,4,6,8-10,14-15H2,1-3H3,(H,28,30,36);7-8,12,14,17-18H,3-6,9-11,15-16H2,1-2H3,(H,28,30,36);3-4,10,12,15,17H,5-9,13-14,16H2,1-2H3,(H,27,29,35). The lowest BCUT2D eigenvalue weighted by Gasteiger charge is -2.35. The highest BCUT2D eigenvalue weighted by Gasteiger charge is 2.33. The van der Waals surface area contributed by atoms with E-state index in [1.165, 1.54) is 60.2 Å². The summed E-state index contributed by atoms with van der Waals surface area (Å²) in [6.07, 6.45) is 16.3. The van der Waals surface area contributed by atoms with Gasteiger partial charge in [0, 0.05) is 136 Å². The Bertz CT molecular complexity index is 4300. The van der Waals surface area contributed by atoms with E-state index in [1.54, 1.807) is 83.5 Å². The van der Waals surface area contributed by atoms with Crippen molar-refractivity contribution in [2.75, 3.05) is 152 Å². The van der Waals surface area contributed by atoms with Crippen molar-refractivity contribution in [1.29, 1.82) is 15.8 Å². The second-order valence-corrected chi connectivity index (χ2v) is 28.2. The molecule has 32 heteroatoms. The number of hydrogen-bond acceptors (Lipinski definition) is 23. The molecule has 2 saturated carbocycles. The van der Waals surface area contributed by atoms with E-state index >= 15 is 0 Å². The number of carbonyl (C=O) groups excluding carboxylic acids is 9. The number of rotatable bonds is 22. The van der Waals surface area contributed by atoms with Gasteiger partial charge in [-0.25, -0.2) is 44.3 Å². The van der Waals surface area contributed by atoms with Crippen molar-refractivity contribution < 1.29 is 52.6 Å². The molecule has 3 unspecified atom stereocenters. The summed E-state index contributed by atoms with van der Waals surface area (Å²) in [7, 11) is 12.0. The second kappa shape index (κ2) is 37.8. The number of nitrogens with one attached hydrogen (secondary N) is 3. The van der Waals surface area contributed by atoms with Crippen LogP contribution < -0.4 is 30.7 Å². The summed E-state index contributed by atoms with van der Waals surface area (Å²) in [5.74, 6) is 3.06. The van der Waals surface area contributed by atoms with E-state index in [1.807, 2.05) is 35.8 Å². The van der Waals surface area contributed by atoms with Gasteiger partial charge in [0.2, 0.25) is 17.7 Å². The Balaban J connectivity index is 0.000000174. The smallest absolute Gasteiger partial charge is 0.328 e. The fourth-order valence-corrected chi connectivity index (χ4v) is 13.7. The molecule has 6 aromatic heterocycles. The van der Waals surface area contributed by atoms with Crippen LogP contribution >= 0.6 is 0 Å². The monoisotopic (exact) mass is 1490 g/mol. The summed E-state index contributed by atoms with van der Waals surface area (Å²) in [5.41, 5.74) is 6.40. The van der Waals surface area contributed by atoms with Gasteiger partial charge in [0.1, 0.15) is 70.2 Å².